The van der Waals surface area contributed by atoms with Gasteiger partial charge in [-0.25, -0.2) is 4.98 Å². The molecule has 0 radical (unpaired) electrons. The Morgan fingerprint density at radius 2 is 1.65 bits per heavy atom. The van der Waals surface area contributed by atoms with Gasteiger partial charge in [0.05, 0.1) is 23.2 Å². The Labute approximate surface area is 214 Å². The summed E-state index contributed by atoms with van der Waals surface area (Å²) in [5, 5.41) is 11.0. The molecular weight excluding hydrogens is 466 g/mol. The van der Waals surface area contributed by atoms with Gasteiger partial charge in [0.1, 0.15) is 17.3 Å². The van der Waals surface area contributed by atoms with Gasteiger partial charge in [0, 0.05) is 18.5 Å². The minimum absolute atomic E-state index is 0.105. The molecule has 0 bridgehead atoms. The van der Waals surface area contributed by atoms with Crippen LogP contribution < -0.4 is 10.3 Å². The number of aromatic nitrogens is 2. The lowest BCUT2D eigenvalue weighted by Crippen LogP contribution is -2.42. The molecule has 0 saturated heterocycles. The number of aliphatic hydroxyl groups is 1. The highest BCUT2D eigenvalue weighted by atomic mass is 16.5. The molecule has 0 spiro atoms. The average molecular weight is 494 g/mol. The van der Waals surface area contributed by atoms with Crippen molar-refractivity contribution in [1.29, 1.82) is 0 Å². The number of nitrogens with zero attached hydrogens (tertiary/aromatic N) is 2. The lowest BCUT2D eigenvalue weighted by Gasteiger charge is -2.30. The summed E-state index contributed by atoms with van der Waals surface area (Å²) in [5.74, 6) is 1.25. The quantitative estimate of drug-likeness (QED) is 0.419. The summed E-state index contributed by atoms with van der Waals surface area (Å²) in [6.45, 7) is 0.479. The van der Waals surface area contributed by atoms with Crippen LogP contribution in [0.3, 0.4) is 0 Å². The van der Waals surface area contributed by atoms with E-state index in [4.69, 9.17) is 9.72 Å². The van der Waals surface area contributed by atoms with Crippen LogP contribution in [0.2, 0.25) is 0 Å². The van der Waals surface area contributed by atoms with E-state index in [9.17, 15) is 14.7 Å². The molecule has 1 atom stereocenters. The van der Waals surface area contributed by atoms with Crippen molar-refractivity contribution in [3.8, 4) is 11.5 Å². The lowest BCUT2D eigenvalue weighted by molar-refractivity contribution is -0.141. The molecule has 6 rings (SSSR count). The maximum Gasteiger partial charge on any atom is 0.256 e. The fourth-order valence-corrected chi connectivity index (χ4v) is 5.11. The lowest BCUT2D eigenvalue weighted by atomic mass is 9.94. The highest BCUT2D eigenvalue weighted by molar-refractivity contribution is 5.83. The minimum Gasteiger partial charge on any atom is -0.457 e. The van der Waals surface area contributed by atoms with Crippen molar-refractivity contribution in [3.05, 3.63) is 123 Å². The SMILES string of the molecule is O=C(C(O)c1ccccc1Oc1ccccc1)N1CCc2nc(C3(c4ccccc4)CC3)[nH]c(=O)c2C1. The number of nitrogens with one attached hydrogen (secondary N) is 1. The molecule has 2 N–H and O–H groups in total. The molecule has 2 aliphatic rings. The number of fused-ring (bicyclic) bond motifs is 1. The first kappa shape index (κ1) is 23.2. The second kappa shape index (κ2) is 9.33. The van der Waals surface area contributed by atoms with Crippen LogP contribution in [0.1, 0.15) is 47.2 Å². The van der Waals surface area contributed by atoms with Crippen LogP contribution in [0, 0.1) is 0 Å². The number of carbonyl (C=O) groups excluding carboxylic acids is 1. The Hall–Kier alpha value is -4.23. The predicted molar refractivity (Wildman–Crippen MR) is 138 cm³/mol. The van der Waals surface area contributed by atoms with Crippen LogP contribution in [-0.4, -0.2) is 32.4 Å². The van der Waals surface area contributed by atoms with Crippen molar-refractivity contribution in [2.75, 3.05) is 6.54 Å². The molecule has 7 heteroatoms. The Kier molecular flexibility index (Phi) is 5.85. The molecule has 3 aromatic carbocycles. The number of rotatable bonds is 6. The Balaban J connectivity index is 1.23. The second-order valence-electron chi connectivity index (χ2n) is 9.65. The van der Waals surface area contributed by atoms with Crippen molar-refractivity contribution in [2.45, 2.75) is 37.3 Å². The molecule has 1 aliphatic carbocycles. The van der Waals surface area contributed by atoms with Crippen LogP contribution in [0.25, 0.3) is 0 Å². The summed E-state index contributed by atoms with van der Waals surface area (Å²) in [6, 6.07) is 26.3. The molecule has 1 aliphatic heterocycles. The largest absolute Gasteiger partial charge is 0.457 e. The molecule has 1 fully saturated rings. The topological polar surface area (TPSA) is 95.5 Å². The summed E-state index contributed by atoms with van der Waals surface area (Å²) in [5.41, 5.74) is 2.29. The van der Waals surface area contributed by atoms with Gasteiger partial charge in [-0.05, 0) is 36.6 Å². The van der Waals surface area contributed by atoms with Gasteiger partial charge < -0.3 is 19.7 Å². The zero-order valence-electron chi connectivity index (χ0n) is 20.3. The Bertz CT molecular complexity index is 1500. The van der Waals surface area contributed by atoms with Crippen LogP contribution in [0.4, 0.5) is 0 Å². The van der Waals surface area contributed by atoms with Gasteiger partial charge in [-0.1, -0.05) is 66.7 Å². The van der Waals surface area contributed by atoms with E-state index < -0.39 is 12.0 Å². The van der Waals surface area contributed by atoms with E-state index in [1.165, 1.54) is 4.90 Å². The molecule has 186 valence electrons. The number of benzene rings is 3. The van der Waals surface area contributed by atoms with E-state index in [0.717, 1.165) is 24.1 Å². The zero-order chi connectivity index (χ0) is 25.4. The summed E-state index contributed by atoms with van der Waals surface area (Å²) >= 11 is 0. The normalized spacial score (nSPS) is 16.5. The smallest absolute Gasteiger partial charge is 0.256 e. The third-order valence-corrected chi connectivity index (χ3v) is 7.33. The number of amides is 1. The maximum absolute atomic E-state index is 13.3. The number of hydrogen-bond acceptors (Lipinski definition) is 5. The number of H-pyrrole nitrogens is 1. The highest BCUT2D eigenvalue weighted by Crippen LogP contribution is 2.52. The van der Waals surface area contributed by atoms with E-state index in [1.807, 2.05) is 48.5 Å². The highest BCUT2D eigenvalue weighted by Gasteiger charge is 2.48. The van der Waals surface area contributed by atoms with Crippen molar-refractivity contribution >= 4 is 5.91 Å². The number of ether oxygens (including phenoxy) is 1. The first-order valence-electron chi connectivity index (χ1n) is 12.5. The van der Waals surface area contributed by atoms with Gasteiger partial charge in [0.25, 0.3) is 11.5 Å². The molecule has 4 aromatic rings. The first-order valence-corrected chi connectivity index (χ1v) is 12.5. The van der Waals surface area contributed by atoms with Gasteiger partial charge in [0.2, 0.25) is 0 Å². The van der Waals surface area contributed by atoms with Gasteiger partial charge in [-0.3, -0.25) is 9.59 Å². The van der Waals surface area contributed by atoms with Crippen LogP contribution in [-0.2, 0) is 23.2 Å². The van der Waals surface area contributed by atoms with Crippen molar-refractivity contribution in [1.82, 2.24) is 14.9 Å². The molecule has 7 nitrogen and oxygen atoms in total. The van der Waals surface area contributed by atoms with E-state index in [-0.39, 0.29) is 17.5 Å². The van der Waals surface area contributed by atoms with Crippen LogP contribution >= 0.6 is 0 Å². The Morgan fingerprint density at radius 3 is 2.38 bits per heavy atom. The van der Waals surface area contributed by atoms with E-state index in [2.05, 4.69) is 17.1 Å². The summed E-state index contributed by atoms with van der Waals surface area (Å²) in [7, 11) is 0. The van der Waals surface area contributed by atoms with Gasteiger partial charge >= 0.3 is 0 Å². The van der Waals surface area contributed by atoms with E-state index in [0.29, 0.717) is 41.4 Å². The number of hydrogen-bond donors (Lipinski definition) is 2. The zero-order valence-corrected chi connectivity index (χ0v) is 20.3. The van der Waals surface area contributed by atoms with Crippen molar-refractivity contribution in [3.63, 3.8) is 0 Å². The Morgan fingerprint density at radius 1 is 0.973 bits per heavy atom. The van der Waals surface area contributed by atoms with Crippen molar-refractivity contribution < 1.29 is 14.6 Å². The molecule has 37 heavy (non-hydrogen) atoms. The van der Waals surface area contributed by atoms with Gasteiger partial charge in [-0.2, -0.15) is 0 Å². The first-order chi connectivity index (χ1) is 18.0. The third kappa shape index (κ3) is 4.32. The molecule has 1 unspecified atom stereocenters. The van der Waals surface area contributed by atoms with Crippen LogP contribution in [0.5, 0.6) is 11.5 Å². The van der Waals surface area contributed by atoms with E-state index in [1.54, 1.807) is 24.3 Å². The number of aliphatic hydroxyl groups excluding tert-OH is 1. The molecule has 1 aromatic heterocycles. The second-order valence-corrected chi connectivity index (χ2v) is 9.65. The molecule has 1 saturated carbocycles. The summed E-state index contributed by atoms with van der Waals surface area (Å²) < 4.78 is 5.94. The summed E-state index contributed by atoms with van der Waals surface area (Å²) in [6.07, 6.45) is 0.929. The number of carbonyl (C=O) groups is 1. The third-order valence-electron chi connectivity index (χ3n) is 7.33. The predicted octanol–water partition coefficient (Wildman–Crippen LogP) is 4.26. The molecular formula is C30H27N3O4. The number of aromatic amines is 1. The monoisotopic (exact) mass is 493 g/mol. The maximum atomic E-state index is 13.3. The van der Waals surface area contributed by atoms with E-state index >= 15 is 0 Å². The standard InChI is InChI=1S/C30H27N3O4/c34-26(22-13-7-8-14-25(22)37-21-11-5-2-6-12-21)28(36)33-18-15-24-23(19-33)27(35)32-29(31-24)30(16-17-30)20-9-3-1-4-10-20/h1-14,26,34H,15-19H2,(H,31,32,35). The van der Waals surface area contributed by atoms with Crippen molar-refractivity contribution in [2.24, 2.45) is 0 Å². The molecule has 2 heterocycles. The average Bonchev–Trinajstić information content (AvgIpc) is 3.76. The van der Waals surface area contributed by atoms with Gasteiger partial charge in [-0.15, -0.1) is 0 Å². The van der Waals surface area contributed by atoms with Gasteiger partial charge in [0.15, 0.2) is 6.10 Å². The summed E-state index contributed by atoms with van der Waals surface area (Å²) in [4.78, 5) is 35.9. The van der Waals surface area contributed by atoms with Crippen LogP contribution in [0.15, 0.2) is 89.7 Å². The fraction of sp³-hybridized carbons (Fsp3) is 0.233. The molecule has 1 amide bonds. The fourth-order valence-electron chi connectivity index (χ4n) is 5.11. The minimum atomic E-state index is -1.42. The number of para-hydroxylation sites is 2.